The maximum Gasteiger partial charge on any atom is 0.446 e. The van der Waals surface area contributed by atoms with Crippen LogP contribution in [0.15, 0.2) is 23.1 Å². The van der Waals surface area contributed by atoms with Gasteiger partial charge in [-0.1, -0.05) is 35.0 Å². The molecule has 1 aromatic carbocycles. The predicted octanol–water partition coefficient (Wildman–Crippen LogP) is 4.37. The van der Waals surface area contributed by atoms with E-state index in [4.69, 9.17) is 0 Å². The van der Waals surface area contributed by atoms with E-state index in [-0.39, 0.29) is 34.2 Å². The van der Waals surface area contributed by atoms with Crippen molar-refractivity contribution in [1.82, 2.24) is 0 Å². The summed E-state index contributed by atoms with van der Waals surface area (Å²) in [6.07, 6.45) is 0.686. The van der Waals surface area contributed by atoms with E-state index in [1.807, 2.05) is 0 Å². The number of hydrogen-bond donors (Lipinski definition) is 0. The van der Waals surface area contributed by atoms with Crippen LogP contribution in [0, 0.1) is 0 Å². The molecule has 1 nitrogen and oxygen atoms in total. The van der Waals surface area contributed by atoms with Crippen molar-refractivity contribution < 1.29 is 18.0 Å². The number of aryl methyl sites for hydroxylation is 1. The number of hydrogen-bond acceptors (Lipinski definition) is 2. The SMILES string of the molecule is CCc1ccc(CC(=O)CBr)cc1SC(F)(F)F. The maximum absolute atomic E-state index is 12.4. The highest BCUT2D eigenvalue weighted by atomic mass is 79.9. The van der Waals surface area contributed by atoms with E-state index in [0.29, 0.717) is 17.5 Å². The molecule has 0 amide bonds. The molecule has 0 unspecified atom stereocenters. The number of rotatable bonds is 5. The lowest BCUT2D eigenvalue weighted by Crippen LogP contribution is -2.05. The summed E-state index contributed by atoms with van der Waals surface area (Å²) in [5.74, 6) is -0.0535. The number of halogens is 4. The molecule has 0 atom stereocenters. The highest BCUT2D eigenvalue weighted by Crippen LogP contribution is 2.39. The van der Waals surface area contributed by atoms with Crippen LogP contribution in [0.3, 0.4) is 0 Å². The molecule has 0 saturated heterocycles. The molecule has 0 aromatic heterocycles. The molecular weight excluding hydrogens is 329 g/mol. The zero-order chi connectivity index (χ0) is 13.8. The van der Waals surface area contributed by atoms with Gasteiger partial charge in [-0.2, -0.15) is 13.2 Å². The van der Waals surface area contributed by atoms with Crippen LogP contribution in [0.1, 0.15) is 18.1 Å². The molecule has 0 spiro atoms. The van der Waals surface area contributed by atoms with Crippen LogP contribution in [-0.4, -0.2) is 16.6 Å². The molecule has 0 saturated carbocycles. The minimum atomic E-state index is -4.30. The third-order valence-electron chi connectivity index (χ3n) is 2.29. The first-order valence-electron chi connectivity index (χ1n) is 5.31. The highest BCUT2D eigenvalue weighted by Gasteiger charge is 2.30. The van der Waals surface area contributed by atoms with Crippen molar-refractivity contribution in [3.8, 4) is 0 Å². The predicted molar refractivity (Wildman–Crippen MR) is 70.2 cm³/mol. The Morgan fingerprint density at radius 3 is 2.56 bits per heavy atom. The lowest BCUT2D eigenvalue weighted by molar-refractivity contribution is -0.115. The molecule has 0 N–H and O–H groups in total. The Bertz CT molecular complexity index is 432. The minimum absolute atomic E-state index is 0.0535. The Hall–Kier alpha value is -0.490. The standard InChI is InChI=1S/C12H12BrF3OS/c1-2-9-4-3-8(5-10(17)7-13)6-11(9)18-12(14,15)16/h3-4,6H,2,5,7H2,1H3. The summed E-state index contributed by atoms with van der Waals surface area (Å²) in [4.78, 5) is 11.4. The quantitative estimate of drug-likeness (QED) is 0.584. The first-order valence-corrected chi connectivity index (χ1v) is 7.24. The van der Waals surface area contributed by atoms with Gasteiger partial charge in [-0.3, -0.25) is 4.79 Å². The molecule has 1 rings (SSSR count). The molecule has 6 heteroatoms. The maximum atomic E-state index is 12.4. The van der Waals surface area contributed by atoms with Gasteiger partial charge >= 0.3 is 5.51 Å². The average molecular weight is 341 g/mol. The van der Waals surface area contributed by atoms with Crippen LogP contribution in [0.5, 0.6) is 0 Å². The number of carbonyl (C=O) groups excluding carboxylic acids is 1. The molecule has 0 radical (unpaired) electrons. The van der Waals surface area contributed by atoms with E-state index in [1.54, 1.807) is 19.1 Å². The molecule has 1 aromatic rings. The molecule has 100 valence electrons. The third kappa shape index (κ3) is 5.02. The largest absolute Gasteiger partial charge is 0.446 e. The number of alkyl halides is 4. The van der Waals surface area contributed by atoms with E-state index in [2.05, 4.69) is 15.9 Å². The summed E-state index contributed by atoms with van der Waals surface area (Å²) < 4.78 is 37.2. The smallest absolute Gasteiger partial charge is 0.298 e. The summed E-state index contributed by atoms with van der Waals surface area (Å²) in [7, 11) is 0. The lowest BCUT2D eigenvalue weighted by atomic mass is 10.1. The summed E-state index contributed by atoms with van der Waals surface area (Å²) in [5.41, 5.74) is -3.04. The lowest BCUT2D eigenvalue weighted by Gasteiger charge is -2.11. The van der Waals surface area contributed by atoms with Crippen LogP contribution < -0.4 is 0 Å². The van der Waals surface area contributed by atoms with Crippen molar-refractivity contribution in [2.45, 2.75) is 30.2 Å². The number of ketones is 1. The highest BCUT2D eigenvalue weighted by molar-refractivity contribution is 9.09. The van der Waals surface area contributed by atoms with Crippen molar-refractivity contribution in [3.63, 3.8) is 0 Å². The van der Waals surface area contributed by atoms with Gasteiger partial charge in [0.2, 0.25) is 0 Å². The fraction of sp³-hybridized carbons (Fsp3) is 0.417. The number of carbonyl (C=O) groups is 1. The fourth-order valence-electron chi connectivity index (χ4n) is 1.50. The zero-order valence-corrected chi connectivity index (χ0v) is 12.1. The van der Waals surface area contributed by atoms with Crippen LogP contribution in [0.4, 0.5) is 13.2 Å². The number of thioether (sulfide) groups is 1. The Morgan fingerprint density at radius 2 is 2.06 bits per heavy atom. The molecule has 18 heavy (non-hydrogen) atoms. The molecule has 0 aliphatic rings. The Morgan fingerprint density at radius 1 is 1.39 bits per heavy atom. The van der Waals surface area contributed by atoms with Crippen molar-refractivity contribution in [2.75, 3.05) is 5.33 Å². The first kappa shape index (κ1) is 15.6. The Kier molecular flexibility index (Phi) is 5.72. The fourth-order valence-corrected chi connectivity index (χ4v) is 2.50. The number of benzene rings is 1. The van der Waals surface area contributed by atoms with E-state index < -0.39 is 5.51 Å². The van der Waals surface area contributed by atoms with Crippen molar-refractivity contribution in [1.29, 1.82) is 0 Å². The number of Topliss-reactive ketones (excluding diaryl/α,β-unsaturated/α-hetero) is 1. The van der Waals surface area contributed by atoms with Crippen LogP contribution in [0.2, 0.25) is 0 Å². The van der Waals surface area contributed by atoms with Gasteiger partial charge in [0.05, 0.1) is 5.33 Å². The van der Waals surface area contributed by atoms with Gasteiger partial charge in [0.1, 0.15) is 5.78 Å². The van der Waals surface area contributed by atoms with Gasteiger partial charge < -0.3 is 0 Å². The zero-order valence-electron chi connectivity index (χ0n) is 9.68. The van der Waals surface area contributed by atoms with Crippen molar-refractivity contribution >= 4 is 33.5 Å². The second-order valence-corrected chi connectivity index (χ2v) is 5.36. The molecule has 0 bridgehead atoms. The van der Waals surface area contributed by atoms with Crippen molar-refractivity contribution in [2.24, 2.45) is 0 Å². The van der Waals surface area contributed by atoms with Gasteiger partial charge in [0.25, 0.3) is 0 Å². The summed E-state index contributed by atoms with van der Waals surface area (Å²) in [5, 5.41) is 0.213. The van der Waals surface area contributed by atoms with E-state index in [1.165, 1.54) is 6.07 Å². The second-order valence-electron chi connectivity index (χ2n) is 3.69. The van der Waals surface area contributed by atoms with E-state index in [0.717, 1.165) is 0 Å². The molecule has 0 heterocycles. The second kappa shape index (κ2) is 6.61. The Balaban J connectivity index is 2.98. The van der Waals surface area contributed by atoms with Gasteiger partial charge in [0, 0.05) is 11.3 Å². The van der Waals surface area contributed by atoms with Gasteiger partial charge in [0.15, 0.2) is 0 Å². The minimum Gasteiger partial charge on any atom is -0.298 e. The van der Waals surface area contributed by atoms with Crippen LogP contribution >= 0.6 is 27.7 Å². The van der Waals surface area contributed by atoms with Gasteiger partial charge in [-0.05, 0) is 35.4 Å². The molecule has 0 fully saturated rings. The first-order chi connectivity index (χ1) is 8.35. The van der Waals surface area contributed by atoms with E-state index in [9.17, 15) is 18.0 Å². The van der Waals surface area contributed by atoms with Gasteiger partial charge in [-0.15, -0.1) is 0 Å². The van der Waals surface area contributed by atoms with E-state index >= 15 is 0 Å². The monoisotopic (exact) mass is 340 g/mol. The Labute approximate surface area is 116 Å². The summed E-state index contributed by atoms with van der Waals surface area (Å²) in [6.45, 7) is 1.80. The van der Waals surface area contributed by atoms with Crippen molar-refractivity contribution in [3.05, 3.63) is 29.3 Å². The normalized spacial score (nSPS) is 11.6. The summed E-state index contributed by atoms with van der Waals surface area (Å²) in [6, 6.07) is 4.82. The molecular formula is C12H12BrF3OS. The van der Waals surface area contributed by atoms with Crippen LogP contribution in [0.25, 0.3) is 0 Å². The van der Waals surface area contributed by atoms with Gasteiger partial charge in [-0.25, -0.2) is 0 Å². The third-order valence-corrected chi connectivity index (χ3v) is 3.75. The van der Waals surface area contributed by atoms with Crippen LogP contribution in [-0.2, 0) is 17.6 Å². The summed E-state index contributed by atoms with van der Waals surface area (Å²) >= 11 is 2.91. The average Bonchev–Trinajstić information content (AvgIpc) is 2.27. The molecule has 0 aliphatic heterocycles. The topological polar surface area (TPSA) is 17.1 Å². The molecule has 0 aliphatic carbocycles.